The van der Waals surface area contributed by atoms with Crippen LogP contribution in [0.4, 0.5) is 0 Å². The lowest BCUT2D eigenvalue weighted by molar-refractivity contribution is -0.182. The number of aliphatic hydroxyl groups excluding tert-OH is 1. The number of aliphatic hydroxyl groups is 2. The molecule has 9 heteroatoms. The van der Waals surface area contributed by atoms with E-state index < -0.39 is 41.3 Å². The summed E-state index contributed by atoms with van der Waals surface area (Å²) < 4.78 is 27.8. The summed E-state index contributed by atoms with van der Waals surface area (Å²) in [7, 11) is 3.80. The monoisotopic (exact) mass is 458 g/mol. The molecule has 1 aliphatic carbocycles. The van der Waals surface area contributed by atoms with Crippen molar-refractivity contribution in [1.82, 2.24) is 0 Å². The third-order valence-corrected chi connectivity index (χ3v) is 6.11. The molecule has 2 atom stereocenters. The van der Waals surface area contributed by atoms with Crippen LogP contribution in [-0.4, -0.2) is 72.8 Å². The minimum Gasteiger partial charge on any atom is -0.496 e. The third-order valence-electron chi connectivity index (χ3n) is 6.11. The standard InChI is InChI=1S/C24H26O9/c1-22(2)9-8-13-16(33-22)7-6-14-20(13)32-19(12-25)24(28,21(14)27)15-11-23(30-4,31-5)18(26)10-17(15)29-3/h6-11,19,25,28H,12H2,1-5H3/t19-,24+/m1/s1. The van der Waals surface area contributed by atoms with Crippen LogP contribution in [0, 0.1) is 0 Å². The smallest absolute Gasteiger partial charge is 0.253 e. The lowest BCUT2D eigenvalue weighted by atomic mass is 9.75. The molecule has 0 fully saturated rings. The van der Waals surface area contributed by atoms with Gasteiger partial charge in [0, 0.05) is 25.9 Å². The molecule has 33 heavy (non-hydrogen) atoms. The first-order chi connectivity index (χ1) is 15.6. The fourth-order valence-corrected chi connectivity index (χ4v) is 4.28. The zero-order chi connectivity index (χ0) is 24.2. The number of methoxy groups -OCH3 is 3. The number of ether oxygens (including phenoxy) is 5. The number of carbonyl (C=O) groups is 2. The normalized spacial score (nSPS) is 26.9. The Morgan fingerprint density at radius 1 is 1.12 bits per heavy atom. The predicted molar refractivity (Wildman–Crippen MR) is 116 cm³/mol. The average molecular weight is 458 g/mol. The average Bonchev–Trinajstić information content (AvgIpc) is 2.80. The Bertz CT molecular complexity index is 1110. The van der Waals surface area contributed by atoms with Gasteiger partial charge in [0.2, 0.25) is 11.6 Å². The van der Waals surface area contributed by atoms with Crippen LogP contribution in [0.15, 0.2) is 41.7 Å². The van der Waals surface area contributed by atoms with Crippen molar-refractivity contribution in [3.8, 4) is 11.5 Å². The van der Waals surface area contributed by atoms with E-state index in [1.165, 1.54) is 33.5 Å². The first-order valence-electron chi connectivity index (χ1n) is 10.3. The summed E-state index contributed by atoms with van der Waals surface area (Å²) in [5.41, 5.74) is -2.45. The van der Waals surface area contributed by atoms with E-state index in [4.69, 9.17) is 23.7 Å². The number of hydrogen-bond donors (Lipinski definition) is 2. The summed E-state index contributed by atoms with van der Waals surface area (Å²) in [4.78, 5) is 26.4. The number of benzene rings is 1. The van der Waals surface area contributed by atoms with Gasteiger partial charge in [-0.25, -0.2) is 0 Å². The molecule has 0 unspecified atom stereocenters. The van der Waals surface area contributed by atoms with E-state index in [9.17, 15) is 19.8 Å². The summed E-state index contributed by atoms with van der Waals surface area (Å²) in [6, 6.07) is 3.12. The molecule has 2 N–H and O–H groups in total. The summed E-state index contributed by atoms with van der Waals surface area (Å²) in [6.07, 6.45) is 4.43. The number of Topliss-reactive ketones (excluding diaryl/α,β-unsaturated/α-hetero) is 1. The summed E-state index contributed by atoms with van der Waals surface area (Å²) in [6.45, 7) is 3.07. The molecule has 0 amide bonds. The van der Waals surface area contributed by atoms with Crippen LogP contribution in [0.2, 0.25) is 0 Å². The fraction of sp³-hybridized carbons (Fsp3) is 0.417. The molecular weight excluding hydrogens is 432 g/mol. The number of hydrogen-bond acceptors (Lipinski definition) is 9. The minimum absolute atomic E-state index is 0.0750. The van der Waals surface area contributed by atoms with Crippen LogP contribution in [0.1, 0.15) is 29.8 Å². The second kappa shape index (κ2) is 7.81. The highest BCUT2D eigenvalue weighted by Gasteiger charge is 2.57. The summed E-state index contributed by atoms with van der Waals surface area (Å²) in [5.74, 6) is -2.60. The first kappa shape index (κ1) is 23.2. The van der Waals surface area contributed by atoms with Gasteiger partial charge in [-0.3, -0.25) is 9.59 Å². The maximum absolute atomic E-state index is 13.8. The van der Waals surface area contributed by atoms with Crippen LogP contribution >= 0.6 is 0 Å². The molecule has 4 rings (SSSR count). The van der Waals surface area contributed by atoms with Crippen LogP contribution in [-0.2, 0) is 19.0 Å². The molecule has 0 aromatic heterocycles. The van der Waals surface area contributed by atoms with Gasteiger partial charge in [0.25, 0.3) is 5.79 Å². The van der Waals surface area contributed by atoms with E-state index in [-0.39, 0.29) is 22.6 Å². The van der Waals surface area contributed by atoms with E-state index >= 15 is 0 Å². The Morgan fingerprint density at radius 3 is 2.42 bits per heavy atom. The van der Waals surface area contributed by atoms with E-state index in [2.05, 4.69) is 0 Å². The highest BCUT2D eigenvalue weighted by atomic mass is 16.7. The van der Waals surface area contributed by atoms with E-state index in [1.54, 1.807) is 12.1 Å². The maximum atomic E-state index is 13.8. The van der Waals surface area contributed by atoms with E-state index in [0.717, 1.165) is 6.08 Å². The van der Waals surface area contributed by atoms with Gasteiger partial charge in [0.1, 0.15) is 22.9 Å². The van der Waals surface area contributed by atoms with Gasteiger partial charge in [-0.15, -0.1) is 0 Å². The molecule has 176 valence electrons. The van der Waals surface area contributed by atoms with Crippen molar-refractivity contribution in [3.05, 3.63) is 52.8 Å². The zero-order valence-electron chi connectivity index (χ0n) is 19.0. The van der Waals surface area contributed by atoms with Gasteiger partial charge in [0.15, 0.2) is 11.7 Å². The quantitative estimate of drug-likeness (QED) is 0.633. The summed E-state index contributed by atoms with van der Waals surface area (Å²) in [5, 5.41) is 21.9. The Morgan fingerprint density at radius 2 is 1.82 bits per heavy atom. The Labute approximate surface area is 190 Å². The molecule has 3 aliphatic rings. The Kier molecular flexibility index (Phi) is 5.49. The Balaban J connectivity index is 1.90. The number of carbonyl (C=O) groups excluding carboxylic acids is 2. The van der Waals surface area contributed by atoms with Crippen LogP contribution in [0.25, 0.3) is 6.08 Å². The Hall–Kier alpha value is -2.98. The van der Waals surface area contributed by atoms with Gasteiger partial charge in [-0.05, 0) is 44.2 Å². The molecule has 9 nitrogen and oxygen atoms in total. The molecule has 0 saturated carbocycles. The minimum atomic E-state index is -2.40. The van der Waals surface area contributed by atoms with E-state index in [0.29, 0.717) is 11.3 Å². The lowest BCUT2D eigenvalue weighted by Crippen LogP contribution is -2.60. The molecule has 1 aromatic carbocycles. The fourth-order valence-electron chi connectivity index (χ4n) is 4.28. The molecule has 2 aliphatic heterocycles. The van der Waals surface area contributed by atoms with Crippen molar-refractivity contribution in [2.75, 3.05) is 27.9 Å². The van der Waals surface area contributed by atoms with Gasteiger partial charge in [-0.1, -0.05) is 0 Å². The van der Waals surface area contributed by atoms with Crippen LogP contribution in [0.5, 0.6) is 11.5 Å². The molecule has 0 radical (unpaired) electrons. The molecule has 0 bridgehead atoms. The van der Waals surface area contributed by atoms with Gasteiger partial charge in [-0.2, -0.15) is 0 Å². The highest BCUT2D eigenvalue weighted by Crippen LogP contribution is 2.47. The largest absolute Gasteiger partial charge is 0.496 e. The molecular formula is C24H26O9. The zero-order valence-corrected chi connectivity index (χ0v) is 19.0. The van der Waals surface area contributed by atoms with Crippen molar-refractivity contribution >= 4 is 17.6 Å². The summed E-state index contributed by atoms with van der Waals surface area (Å²) >= 11 is 0. The predicted octanol–water partition coefficient (Wildman–Crippen LogP) is 1.57. The van der Waals surface area contributed by atoms with Crippen LogP contribution < -0.4 is 9.47 Å². The van der Waals surface area contributed by atoms with Gasteiger partial charge < -0.3 is 33.9 Å². The number of ketones is 2. The molecule has 0 spiro atoms. The van der Waals surface area contributed by atoms with Crippen molar-refractivity contribution in [1.29, 1.82) is 0 Å². The number of rotatable bonds is 5. The lowest BCUT2D eigenvalue weighted by Gasteiger charge is -2.43. The van der Waals surface area contributed by atoms with Crippen molar-refractivity contribution in [2.24, 2.45) is 0 Å². The molecule has 1 aromatic rings. The van der Waals surface area contributed by atoms with Crippen molar-refractivity contribution in [2.45, 2.75) is 36.9 Å². The molecule has 2 heterocycles. The third kappa shape index (κ3) is 3.31. The highest BCUT2D eigenvalue weighted by molar-refractivity contribution is 6.11. The van der Waals surface area contributed by atoms with Crippen LogP contribution in [0.3, 0.4) is 0 Å². The van der Waals surface area contributed by atoms with Gasteiger partial charge in [0.05, 0.1) is 24.8 Å². The second-order valence-corrected chi connectivity index (χ2v) is 8.49. The molecule has 0 saturated heterocycles. The topological polar surface area (TPSA) is 121 Å². The maximum Gasteiger partial charge on any atom is 0.253 e. The first-order valence-corrected chi connectivity index (χ1v) is 10.3. The SMILES string of the molecule is COC1=CC(=O)C(OC)(OC)C=C1[C@@]1(O)C(=O)c2ccc3c(c2O[C@@H]1CO)C=CC(C)(C)O3. The van der Waals surface area contributed by atoms with Crippen molar-refractivity contribution < 1.29 is 43.5 Å². The van der Waals surface area contributed by atoms with Gasteiger partial charge >= 0.3 is 0 Å². The second-order valence-electron chi connectivity index (χ2n) is 8.49. The van der Waals surface area contributed by atoms with Crippen molar-refractivity contribution in [3.63, 3.8) is 0 Å². The number of fused-ring (bicyclic) bond motifs is 3. The van der Waals surface area contributed by atoms with E-state index in [1.807, 2.05) is 19.9 Å².